The molecule has 3 heterocycles. The van der Waals surface area contributed by atoms with E-state index in [4.69, 9.17) is 0 Å². The molecule has 8 aromatic carbocycles. The van der Waals surface area contributed by atoms with E-state index >= 15 is 0 Å². The summed E-state index contributed by atoms with van der Waals surface area (Å²) < 4.78 is 6.89. The second-order valence-electron chi connectivity index (χ2n) is 14.0. The molecule has 5 nitrogen and oxygen atoms in total. The molecule has 0 N–H and O–H groups in total. The molecule has 0 aliphatic carbocycles. The lowest BCUT2D eigenvalue weighted by molar-refractivity contribution is 1.13. The molecular weight excluding hydrogens is 671 g/mol. The van der Waals surface area contributed by atoms with Crippen LogP contribution in [0.5, 0.6) is 0 Å². The van der Waals surface area contributed by atoms with Gasteiger partial charge in [-0.3, -0.25) is 0 Å². The Morgan fingerprint density at radius 2 is 0.891 bits per heavy atom. The van der Waals surface area contributed by atoms with Crippen LogP contribution < -0.4 is 0 Å². The molecule has 0 fully saturated rings. The van der Waals surface area contributed by atoms with E-state index in [1.807, 2.05) is 24.3 Å². The highest BCUT2D eigenvalue weighted by Gasteiger charge is 2.21. The van der Waals surface area contributed by atoms with Gasteiger partial charge in [0.05, 0.1) is 62.1 Å². The molecule has 11 rings (SSSR count). The maximum Gasteiger partial charge on any atom is 0.0998 e. The van der Waals surface area contributed by atoms with Gasteiger partial charge in [0.2, 0.25) is 0 Å². The third-order valence-corrected chi connectivity index (χ3v) is 11.1. The van der Waals surface area contributed by atoms with Crippen LogP contribution in [0.4, 0.5) is 0 Å². The third kappa shape index (κ3) is 4.45. The van der Waals surface area contributed by atoms with E-state index in [0.29, 0.717) is 11.1 Å². The molecule has 254 valence electrons. The number of hydrogen-bond donors (Lipinski definition) is 0. The molecule has 11 aromatic rings. The fourth-order valence-electron chi connectivity index (χ4n) is 8.76. The molecule has 0 saturated heterocycles. The number of aromatic nitrogens is 3. The Morgan fingerprint density at radius 3 is 1.47 bits per heavy atom. The van der Waals surface area contributed by atoms with Crippen molar-refractivity contribution in [2.45, 2.75) is 0 Å². The zero-order valence-corrected chi connectivity index (χ0v) is 29.5. The van der Waals surface area contributed by atoms with Crippen molar-refractivity contribution in [3.63, 3.8) is 0 Å². The number of hydrogen-bond acceptors (Lipinski definition) is 2. The van der Waals surface area contributed by atoms with E-state index in [0.717, 1.165) is 72.1 Å². The Balaban J connectivity index is 1.11. The van der Waals surface area contributed by atoms with Gasteiger partial charge in [-0.1, -0.05) is 103 Å². The maximum atomic E-state index is 10.7. The van der Waals surface area contributed by atoms with E-state index in [1.54, 1.807) is 0 Å². The van der Waals surface area contributed by atoms with Crippen molar-refractivity contribution in [1.82, 2.24) is 13.7 Å². The molecule has 0 aliphatic rings. The van der Waals surface area contributed by atoms with Gasteiger partial charge in [-0.15, -0.1) is 0 Å². The topological polar surface area (TPSA) is 62.4 Å². The molecular formula is C50H29N5. The first-order chi connectivity index (χ1) is 27.2. The molecule has 5 heteroatoms. The summed E-state index contributed by atoms with van der Waals surface area (Å²) in [7, 11) is 0. The van der Waals surface area contributed by atoms with E-state index in [1.165, 1.54) is 21.5 Å². The molecule has 0 spiro atoms. The number of fused-ring (bicyclic) bond motifs is 9. The van der Waals surface area contributed by atoms with Crippen molar-refractivity contribution in [3.8, 4) is 40.3 Å². The Hall–Kier alpha value is -7.86. The zero-order valence-electron chi connectivity index (χ0n) is 29.5. The first-order valence-corrected chi connectivity index (χ1v) is 18.3. The lowest BCUT2D eigenvalue weighted by Crippen LogP contribution is -2.01. The maximum absolute atomic E-state index is 10.7. The molecule has 0 saturated carbocycles. The smallest absolute Gasteiger partial charge is 0.0998 e. The van der Waals surface area contributed by atoms with Gasteiger partial charge in [-0.2, -0.15) is 10.5 Å². The van der Waals surface area contributed by atoms with E-state index in [-0.39, 0.29) is 0 Å². The zero-order chi connectivity index (χ0) is 36.6. The second-order valence-corrected chi connectivity index (χ2v) is 14.0. The molecule has 0 radical (unpaired) electrons. The van der Waals surface area contributed by atoms with Gasteiger partial charge in [-0.05, 0) is 83.9 Å². The summed E-state index contributed by atoms with van der Waals surface area (Å²) in [4.78, 5) is 0. The molecule has 0 bridgehead atoms. The average molecular weight is 700 g/mol. The number of para-hydroxylation sites is 5. The molecule has 0 atom stereocenters. The van der Waals surface area contributed by atoms with Crippen LogP contribution in [0.2, 0.25) is 0 Å². The van der Waals surface area contributed by atoms with Gasteiger partial charge >= 0.3 is 0 Å². The fraction of sp³-hybridized carbons (Fsp3) is 0. The Morgan fingerprint density at radius 1 is 0.364 bits per heavy atom. The predicted octanol–water partition coefficient (Wildman–Crippen LogP) is 12.4. The minimum absolute atomic E-state index is 0.583. The van der Waals surface area contributed by atoms with Crippen molar-refractivity contribution in [2.75, 3.05) is 0 Å². The van der Waals surface area contributed by atoms with Crippen LogP contribution in [0.15, 0.2) is 176 Å². The summed E-state index contributed by atoms with van der Waals surface area (Å²) in [6.45, 7) is 0. The Kier molecular flexibility index (Phi) is 6.61. The standard InChI is InChI=1S/C50H29N5/c51-30-32-20-27-48-43(28-32)42-14-9-19-49(55-46-17-7-3-12-40(46)41-13-4-8-18-47(41)55)50(42)54(48)36-25-26-37(34(29-36)31-52)33-21-23-35(24-22-33)53-44-15-5-1-10-38(44)39-11-2-6-16-45(39)53/h1-29H. The van der Waals surface area contributed by atoms with Crippen molar-refractivity contribution >= 4 is 65.4 Å². The van der Waals surface area contributed by atoms with Gasteiger partial charge in [-0.25, -0.2) is 0 Å². The minimum Gasteiger partial charge on any atom is -0.309 e. The summed E-state index contributed by atoms with van der Waals surface area (Å²) in [5.74, 6) is 0. The SMILES string of the molecule is N#Cc1ccc2c(c1)c1cccc(-n3c4ccccc4c4ccccc43)c1n2-c1ccc(-c2ccc(-n3c4ccccc4c4ccccc43)cc2)c(C#N)c1. The number of benzene rings is 8. The molecule has 0 unspecified atom stereocenters. The Labute approximate surface area is 316 Å². The lowest BCUT2D eigenvalue weighted by Gasteiger charge is -2.15. The van der Waals surface area contributed by atoms with Crippen LogP contribution in [0, 0.1) is 22.7 Å². The summed E-state index contributed by atoms with van der Waals surface area (Å²) in [5, 5.41) is 27.4. The number of nitrogens with zero attached hydrogens (tertiary/aromatic N) is 5. The average Bonchev–Trinajstić information content (AvgIpc) is 3.89. The number of rotatable bonds is 4. The second kappa shape index (κ2) is 11.8. The van der Waals surface area contributed by atoms with Crippen molar-refractivity contribution in [1.29, 1.82) is 10.5 Å². The van der Waals surface area contributed by atoms with Crippen LogP contribution in [-0.4, -0.2) is 13.7 Å². The molecule has 3 aromatic heterocycles. The van der Waals surface area contributed by atoms with Gasteiger partial charge < -0.3 is 13.7 Å². The Bertz CT molecular complexity index is 3350. The lowest BCUT2D eigenvalue weighted by atomic mass is 9.99. The van der Waals surface area contributed by atoms with Crippen LogP contribution in [0.3, 0.4) is 0 Å². The van der Waals surface area contributed by atoms with Crippen molar-refractivity contribution < 1.29 is 0 Å². The van der Waals surface area contributed by atoms with Crippen LogP contribution >= 0.6 is 0 Å². The number of nitriles is 2. The van der Waals surface area contributed by atoms with E-state index in [2.05, 4.69) is 177 Å². The normalized spacial score (nSPS) is 11.6. The fourth-order valence-corrected chi connectivity index (χ4v) is 8.76. The van der Waals surface area contributed by atoms with Crippen LogP contribution in [0.1, 0.15) is 11.1 Å². The largest absolute Gasteiger partial charge is 0.309 e. The summed E-state index contributed by atoms with van der Waals surface area (Å²) in [6.07, 6.45) is 0. The van der Waals surface area contributed by atoms with Gasteiger partial charge in [0.15, 0.2) is 0 Å². The monoisotopic (exact) mass is 699 g/mol. The first kappa shape index (κ1) is 30.7. The van der Waals surface area contributed by atoms with Crippen molar-refractivity contribution in [2.24, 2.45) is 0 Å². The van der Waals surface area contributed by atoms with Crippen molar-refractivity contribution in [3.05, 3.63) is 187 Å². The highest BCUT2D eigenvalue weighted by Crippen LogP contribution is 2.41. The van der Waals surface area contributed by atoms with E-state index < -0.39 is 0 Å². The molecule has 55 heavy (non-hydrogen) atoms. The van der Waals surface area contributed by atoms with Gasteiger partial charge in [0, 0.05) is 43.7 Å². The van der Waals surface area contributed by atoms with Gasteiger partial charge in [0.25, 0.3) is 0 Å². The quantitative estimate of drug-likeness (QED) is 0.184. The summed E-state index contributed by atoms with van der Waals surface area (Å²) in [6, 6.07) is 65.8. The minimum atomic E-state index is 0.583. The highest BCUT2D eigenvalue weighted by molar-refractivity contribution is 6.15. The third-order valence-electron chi connectivity index (χ3n) is 11.1. The highest BCUT2D eigenvalue weighted by atomic mass is 15.1. The predicted molar refractivity (Wildman–Crippen MR) is 224 cm³/mol. The molecule has 0 aliphatic heterocycles. The van der Waals surface area contributed by atoms with Crippen LogP contribution in [0.25, 0.3) is 93.6 Å². The summed E-state index contributed by atoms with van der Waals surface area (Å²) >= 11 is 0. The van der Waals surface area contributed by atoms with Crippen LogP contribution in [-0.2, 0) is 0 Å². The van der Waals surface area contributed by atoms with E-state index in [9.17, 15) is 10.5 Å². The molecule has 0 amide bonds. The van der Waals surface area contributed by atoms with Gasteiger partial charge in [0.1, 0.15) is 0 Å². The summed E-state index contributed by atoms with van der Waals surface area (Å²) in [5.41, 5.74) is 12.5. The first-order valence-electron chi connectivity index (χ1n) is 18.3.